The summed E-state index contributed by atoms with van der Waals surface area (Å²) in [6, 6.07) is 6.38. The third-order valence-corrected chi connectivity index (χ3v) is 2.53. The molecule has 0 aliphatic heterocycles. The lowest BCUT2D eigenvalue weighted by molar-refractivity contribution is 0.854. The van der Waals surface area contributed by atoms with Gasteiger partial charge in [0.25, 0.3) is 0 Å². The largest absolute Gasteiger partial charge is 0.274 e. The molecule has 0 unspecified atom stereocenters. The van der Waals surface area contributed by atoms with Crippen molar-refractivity contribution < 1.29 is 0 Å². The highest BCUT2D eigenvalue weighted by molar-refractivity contribution is 7.97. The van der Waals surface area contributed by atoms with Crippen molar-refractivity contribution in [2.75, 3.05) is 0 Å². The first-order valence-electron chi connectivity index (χ1n) is 4.12. The van der Waals surface area contributed by atoms with Crippen molar-refractivity contribution in [3.8, 4) is 0 Å². The summed E-state index contributed by atoms with van der Waals surface area (Å²) < 4.78 is 0. The van der Waals surface area contributed by atoms with Crippen LogP contribution in [0.5, 0.6) is 0 Å². The van der Waals surface area contributed by atoms with Crippen molar-refractivity contribution in [3.05, 3.63) is 29.3 Å². The first kappa shape index (κ1) is 9.62. The van der Waals surface area contributed by atoms with Crippen LogP contribution in [0.2, 0.25) is 0 Å². The predicted octanol–water partition coefficient (Wildman–Crippen LogP) is 3.08. The number of nitrogens with two attached hydrogens (primary N) is 1. The first-order valence-corrected chi connectivity index (χ1v) is 5.00. The standard InChI is InChI=1S/C10H15NS/c1-7(2)10-5-4-9(12-11)6-8(10)3/h4-7H,11H2,1-3H3. The van der Waals surface area contributed by atoms with Crippen molar-refractivity contribution >= 4 is 11.9 Å². The molecule has 0 radical (unpaired) electrons. The third kappa shape index (κ3) is 2.02. The monoisotopic (exact) mass is 181 g/mol. The Hall–Kier alpha value is -0.470. The second-order valence-corrected chi connectivity index (χ2v) is 4.00. The Balaban J connectivity index is 3.03. The molecule has 2 heteroatoms. The number of benzene rings is 1. The van der Waals surface area contributed by atoms with E-state index in [1.807, 2.05) is 0 Å². The van der Waals surface area contributed by atoms with Gasteiger partial charge in [0.1, 0.15) is 0 Å². The summed E-state index contributed by atoms with van der Waals surface area (Å²) in [5.41, 5.74) is 2.74. The molecule has 1 aromatic rings. The molecule has 0 bridgehead atoms. The zero-order valence-electron chi connectivity index (χ0n) is 7.79. The van der Waals surface area contributed by atoms with Gasteiger partial charge in [-0.2, -0.15) is 0 Å². The van der Waals surface area contributed by atoms with E-state index in [9.17, 15) is 0 Å². The Morgan fingerprint density at radius 2 is 2.00 bits per heavy atom. The fraction of sp³-hybridized carbons (Fsp3) is 0.400. The van der Waals surface area contributed by atoms with Gasteiger partial charge in [-0.25, -0.2) is 0 Å². The lowest BCUT2D eigenvalue weighted by Crippen LogP contribution is -1.92. The topological polar surface area (TPSA) is 26.0 Å². The summed E-state index contributed by atoms with van der Waals surface area (Å²) in [5.74, 6) is 0.599. The molecule has 0 saturated heterocycles. The van der Waals surface area contributed by atoms with E-state index in [1.165, 1.54) is 23.1 Å². The molecule has 66 valence electrons. The van der Waals surface area contributed by atoms with Crippen molar-refractivity contribution in [3.63, 3.8) is 0 Å². The Morgan fingerprint density at radius 3 is 2.42 bits per heavy atom. The first-order chi connectivity index (χ1) is 5.65. The Kier molecular flexibility index (Phi) is 3.18. The van der Waals surface area contributed by atoms with Crippen LogP contribution in [0.25, 0.3) is 0 Å². The summed E-state index contributed by atoms with van der Waals surface area (Å²) in [6.07, 6.45) is 0. The minimum atomic E-state index is 0.599. The van der Waals surface area contributed by atoms with Crippen LogP contribution in [0.3, 0.4) is 0 Å². The van der Waals surface area contributed by atoms with Crippen LogP contribution in [-0.4, -0.2) is 0 Å². The fourth-order valence-corrected chi connectivity index (χ4v) is 1.76. The molecule has 1 rings (SSSR count). The van der Waals surface area contributed by atoms with Crippen LogP contribution in [0.4, 0.5) is 0 Å². The Labute approximate surface area is 78.5 Å². The number of hydrogen-bond donors (Lipinski definition) is 1. The molecule has 0 aliphatic carbocycles. The lowest BCUT2D eigenvalue weighted by atomic mass is 9.98. The van der Waals surface area contributed by atoms with Gasteiger partial charge in [0.15, 0.2) is 0 Å². The van der Waals surface area contributed by atoms with E-state index in [1.54, 1.807) is 0 Å². The second-order valence-electron chi connectivity index (χ2n) is 3.29. The van der Waals surface area contributed by atoms with Crippen LogP contribution in [0, 0.1) is 6.92 Å². The summed E-state index contributed by atoms with van der Waals surface area (Å²) in [7, 11) is 0. The quantitative estimate of drug-likeness (QED) is 0.709. The van der Waals surface area contributed by atoms with Gasteiger partial charge in [-0.15, -0.1) is 0 Å². The molecule has 0 aromatic heterocycles. The van der Waals surface area contributed by atoms with Crippen molar-refractivity contribution in [2.24, 2.45) is 5.14 Å². The van der Waals surface area contributed by atoms with Gasteiger partial charge in [-0.05, 0) is 48.0 Å². The zero-order chi connectivity index (χ0) is 9.14. The van der Waals surface area contributed by atoms with Gasteiger partial charge < -0.3 is 0 Å². The van der Waals surface area contributed by atoms with Crippen LogP contribution in [-0.2, 0) is 0 Å². The van der Waals surface area contributed by atoms with Crippen LogP contribution < -0.4 is 5.14 Å². The minimum absolute atomic E-state index is 0.599. The van der Waals surface area contributed by atoms with Crippen molar-refractivity contribution in [1.82, 2.24) is 0 Å². The molecule has 12 heavy (non-hydrogen) atoms. The Morgan fingerprint density at radius 1 is 1.33 bits per heavy atom. The van der Waals surface area contributed by atoms with E-state index >= 15 is 0 Å². The molecule has 0 atom stereocenters. The molecule has 0 heterocycles. The van der Waals surface area contributed by atoms with E-state index in [4.69, 9.17) is 5.14 Å². The molecule has 2 N–H and O–H groups in total. The summed E-state index contributed by atoms with van der Waals surface area (Å²) >= 11 is 1.30. The maximum absolute atomic E-state index is 5.46. The van der Waals surface area contributed by atoms with E-state index in [2.05, 4.69) is 39.0 Å². The van der Waals surface area contributed by atoms with E-state index in [0.717, 1.165) is 4.90 Å². The van der Waals surface area contributed by atoms with Gasteiger partial charge >= 0.3 is 0 Å². The van der Waals surface area contributed by atoms with Crippen LogP contribution in [0.1, 0.15) is 30.9 Å². The van der Waals surface area contributed by atoms with Crippen LogP contribution >= 0.6 is 11.9 Å². The molecule has 0 spiro atoms. The molecule has 1 aromatic carbocycles. The molecule has 1 nitrogen and oxygen atoms in total. The smallest absolute Gasteiger partial charge is 0.0228 e. The highest BCUT2D eigenvalue weighted by Crippen LogP contribution is 2.22. The second kappa shape index (κ2) is 3.97. The molecule has 0 fully saturated rings. The maximum Gasteiger partial charge on any atom is 0.0228 e. The summed E-state index contributed by atoms with van der Waals surface area (Å²) in [5, 5.41) is 5.46. The average molecular weight is 181 g/mol. The SMILES string of the molecule is Cc1cc(SN)ccc1C(C)C. The van der Waals surface area contributed by atoms with Gasteiger partial charge in [0.2, 0.25) is 0 Å². The zero-order valence-corrected chi connectivity index (χ0v) is 8.61. The van der Waals surface area contributed by atoms with Gasteiger partial charge in [0, 0.05) is 4.90 Å². The molecule has 0 saturated carbocycles. The van der Waals surface area contributed by atoms with E-state index in [0.29, 0.717) is 5.92 Å². The Bertz CT molecular complexity index is 269. The number of hydrogen-bond acceptors (Lipinski definition) is 2. The predicted molar refractivity (Wildman–Crippen MR) is 55.3 cm³/mol. The normalized spacial score (nSPS) is 10.8. The minimum Gasteiger partial charge on any atom is -0.274 e. The lowest BCUT2D eigenvalue weighted by Gasteiger charge is -2.09. The molecular weight excluding hydrogens is 166 g/mol. The summed E-state index contributed by atoms with van der Waals surface area (Å²) in [6.45, 7) is 6.55. The highest BCUT2D eigenvalue weighted by atomic mass is 32.2. The van der Waals surface area contributed by atoms with Gasteiger partial charge in [-0.3, -0.25) is 5.14 Å². The van der Waals surface area contributed by atoms with Gasteiger partial charge in [-0.1, -0.05) is 19.9 Å². The molecule has 0 aliphatic rings. The highest BCUT2D eigenvalue weighted by Gasteiger charge is 2.02. The van der Waals surface area contributed by atoms with E-state index in [-0.39, 0.29) is 0 Å². The molecular formula is C10H15NS. The third-order valence-electron chi connectivity index (χ3n) is 2.00. The summed E-state index contributed by atoms with van der Waals surface area (Å²) in [4.78, 5) is 1.14. The number of aryl methyl sites for hydroxylation is 1. The van der Waals surface area contributed by atoms with Crippen molar-refractivity contribution in [2.45, 2.75) is 31.6 Å². The van der Waals surface area contributed by atoms with Gasteiger partial charge in [0.05, 0.1) is 0 Å². The maximum atomic E-state index is 5.46. The average Bonchev–Trinajstić information content (AvgIpc) is 2.03. The van der Waals surface area contributed by atoms with Crippen LogP contribution in [0.15, 0.2) is 23.1 Å². The molecule has 0 amide bonds. The number of rotatable bonds is 2. The fourth-order valence-electron chi connectivity index (χ4n) is 1.37. The van der Waals surface area contributed by atoms with Crippen molar-refractivity contribution in [1.29, 1.82) is 0 Å². The van der Waals surface area contributed by atoms with E-state index < -0.39 is 0 Å².